The number of esters is 1. The molecule has 1 amide bonds. The van der Waals surface area contributed by atoms with Crippen LogP contribution in [0.1, 0.15) is 36.3 Å². The van der Waals surface area contributed by atoms with E-state index in [9.17, 15) is 9.59 Å². The first kappa shape index (κ1) is 22.7. The molecule has 0 aliphatic heterocycles. The maximum Gasteiger partial charge on any atom is 0.407 e. The van der Waals surface area contributed by atoms with Gasteiger partial charge in [-0.05, 0) is 41.5 Å². The molecule has 1 aliphatic carbocycles. The van der Waals surface area contributed by atoms with Crippen molar-refractivity contribution >= 4 is 24.5 Å². The Morgan fingerprint density at radius 2 is 1.62 bits per heavy atom. The highest BCUT2D eigenvalue weighted by Crippen LogP contribution is 2.44. The van der Waals surface area contributed by atoms with Crippen LogP contribution in [-0.2, 0) is 14.3 Å². The van der Waals surface area contributed by atoms with Crippen molar-refractivity contribution < 1.29 is 19.1 Å². The highest BCUT2D eigenvalue weighted by atomic mass is 35.5. The summed E-state index contributed by atoms with van der Waals surface area (Å²) in [6, 6.07) is 15.8. The van der Waals surface area contributed by atoms with E-state index >= 15 is 0 Å². The van der Waals surface area contributed by atoms with Gasteiger partial charge in [0.2, 0.25) is 0 Å². The zero-order valence-electron chi connectivity index (χ0n) is 16.4. The number of unbranched alkanes of at least 4 members (excludes halogenated alkanes) is 1. The lowest BCUT2D eigenvalue weighted by atomic mass is 9.98. The highest BCUT2D eigenvalue weighted by molar-refractivity contribution is 5.85. The Kier molecular flexibility index (Phi) is 8.49. The maximum absolute atomic E-state index is 12.0. The molecule has 0 radical (unpaired) electrons. The fourth-order valence-corrected chi connectivity index (χ4v) is 3.60. The zero-order valence-corrected chi connectivity index (χ0v) is 17.2. The Morgan fingerprint density at radius 1 is 1.03 bits per heavy atom. The minimum atomic E-state index is -0.612. The Balaban J connectivity index is 0.00000300. The molecule has 1 atom stereocenters. The molecule has 3 N–H and O–H groups in total. The first-order chi connectivity index (χ1) is 13.6. The number of methoxy groups -OCH3 is 1. The number of alkyl carbamates (subject to hydrolysis) is 1. The second-order valence-electron chi connectivity index (χ2n) is 6.88. The topological polar surface area (TPSA) is 90.6 Å². The van der Waals surface area contributed by atoms with Crippen LogP contribution in [-0.4, -0.2) is 38.4 Å². The van der Waals surface area contributed by atoms with Crippen molar-refractivity contribution in [3.05, 3.63) is 59.7 Å². The quantitative estimate of drug-likeness (QED) is 0.504. The summed E-state index contributed by atoms with van der Waals surface area (Å²) in [4.78, 5) is 23.3. The molecular weight excluding hydrogens is 392 g/mol. The van der Waals surface area contributed by atoms with Crippen LogP contribution in [0, 0.1) is 0 Å². The number of hydrogen-bond acceptors (Lipinski definition) is 5. The van der Waals surface area contributed by atoms with Gasteiger partial charge >= 0.3 is 12.1 Å². The van der Waals surface area contributed by atoms with Crippen LogP contribution < -0.4 is 11.1 Å². The summed E-state index contributed by atoms with van der Waals surface area (Å²) in [6.45, 7) is 0.775. The molecule has 0 fully saturated rings. The number of carbonyl (C=O) groups excluding carboxylic acids is 2. The minimum absolute atomic E-state index is 0. The number of amides is 1. The average molecular weight is 419 g/mol. The first-order valence-corrected chi connectivity index (χ1v) is 9.54. The zero-order chi connectivity index (χ0) is 19.9. The van der Waals surface area contributed by atoms with Gasteiger partial charge in [0.25, 0.3) is 0 Å². The largest absolute Gasteiger partial charge is 0.468 e. The Labute approximate surface area is 177 Å². The molecule has 0 saturated carbocycles. The normalized spacial score (nSPS) is 12.9. The van der Waals surface area contributed by atoms with Gasteiger partial charge in [0.15, 0.2) is 0 Å². The first-order valence-electron chi connectivity index (χ1n) is 9.54. The van der Waals surface area contributed by atoms with Crippen LogP contribution in [0.15, 0.2) is 48.5 Å². The molecule has 2 aromatic rings. The van der Waals surface area contributed by atoms with Gasteiger partial charge in [0, 0.05) is 12.5 Å². The number of hydrogen-bond donors (Lipinski definition) is 2. The summed E-state index contributed by atoms with van der Waals surface area (Å²) in [5.74, 6) is -0.360. The summed E-state index contributed by atoms with van der Waals surface area (Å²) in [5.41, 5.74) is 10.5. The molecule has 1 unspecified atom stereocenters. The molecule has 0 saturated heterocycles. The molecular formula is C22H27ClN2O4. The highest BCUT2D eigenvalue weighted by Gasteiger charge is 2.28. The van der Waals surface area contributed by atoms with Gasteiger partial charge in [0.05, 0.1) is 7.11 Å². The van der Waals surface area contributed by atoms with Crippen molar-refractivity contribution in [1.82, 2.24) is 5.32 Å². The van der Waals surface area contributed by atoms with Crippen LogP contribution in [0.4, 0.5) is 4.79 Å². The fourth-order valence-electron chi connectivity index (χ4n) is 3.60. The second-order valence-corrected chi connectivity index (χ2v) is 6.88. The lowest BCUT2D eigenvalue weighted by Gasteiger charge is -2.14. The Bertz CT molecular complexity index is 798. The third-order valence-electron chi connectivity index (χ3n) is 5.06. The van der Waals surface area contributed by atoms with Crippen LogP contribution in [0.2, 0.25) is 0 Å². The van der Waals surface area contributed by atoms with Crippen LogP contribution in [0.3, 0.4) is 0 Å². The van der Waals surface area contributed by atoms with Crippen molar-refractivity contribution in [2.24, 2.45) is 5.73 Å². The standard InChI is InChI=1S/C22H26N2O4.ClH/c1-27-21(25)20(23)12-6-7-13-24-22(26)28-14-19-17-10-4-2-8-15(17)16-9-3-5-11-18(16)19;/h2-5,8-11,19-20H,6-7,12-14,23H2,1H3,(H,24,26);1H. The Hall–Kier alpha value is -2.57. The second kappa shape index (κ2) is 10.8. The minimum Gasteiger partial charge on any atom is -0.468 e. The van der Waals surface area contributed by atoms with Gasteiger partial charge in [-0.1, -0.05) is 48.5 Å². The van der Waals surface area contributed by atoms with Crippen molar-refractivity contribution in [1.29, 1.82) is 0 Å². The van der Waals surface area contributed by atoms with Crippen molar-refractivity contribution in [3.63, 3.8) is 0 Å². The molecule has 0 aromatic heterocycles. The van der Waals surface area contributed by atoms with Crippen LogP contribution >= 0.6 is 12.4 Å². The molecule has 0 spiro atoms. The molecule has 156 valence electrons. The summed E-state index contributed by atoms with van der Waals surface area (Å²) in [6.07, 6.45) is 1.53. The maximum atomic E-state index is 12.0. The number of nitrogens with two attached hydrogens (primary N) is 1. The molecule has 0 heterocycles. The number of nitrogens with one attached hydrogen (secondary N) is 1. The molecule has 7 heteroatoms. The number of ether oxygens (including phenoxy) is 2. The predicted octanol–water partition coefficient (Wildman–Crippen LogP) is 3.62. The van der Waals surface area contributed by atoms with E-state index in [-0.39, 0.29) is 18.3 Å². The number of carbonyl (C=O) groups is 2. The molecule has 2 aromatic carbocycles. The van der Waals surface area contributed by atoms with Gasteiger partial charge in [-0.2, -0.15) is 0 Å². The van der Waals surface area contributed by atoms with E-state index in [1.165, 1.54) is 29.4 Å². The summed E-state index contributed by atoms with van der Waals surface area (Å²) in [7, 11) is 1.32. The number of halogens is 1. The van der Waals surface area contributed by atoms with Gasteiger partial charge in [0.1, 0.15) is 12.6 Å². The fraction of sp³-hybridized carbons (Fsp3) is 0.364. The number of fused-ring (bicyclic) bond motifs is 3. The SMILES string of the molecule is COC(=O)C(N)CCCCNC(=O)OCC1c2ccccc2-c2ccccc21.Cl. The molecule has 6 nitrogen and oxygen atoms in total. The van der Waals surface area contributed by atoms with Gasteiger partial charge in [-0.3, -0.25) is 4.79 Å². The lowest BCUT2D eigenvalue weighted by Crippen LogP contribution is -2.32. The van der Waals surface area contributed by atoms with Crippen molar-refractivity contribution in [2.45, 2.75) is 31.2 Å². The number of benzene rings is 2. The van der Waals surface area contributed by atoms with E-state index in [1.54, 1.807) is 0 Å². The van der Waals surface area contributed by atoms with Gasteiger partial charge in [-0.25, -0.2) is 4.79 Å². The average Bonchev–Trinajstić information content (AvgIpc) is 3.05. The van der Waals surface area contributed by atoms with Gasteiger partial charge < -0.3 is 20.5 Å². The Morgan fingerprint density at radius 3 is 2.21 bits per heavy atom. The monoisotopic (exact) mass is 418 g/mol. The van der Waals surface area contributed by atoms with E-state index < -0.39 is 18.1 Å². The van der Waals surface area contributed by atoms with Crippen molar-refractivity contribution in [3.8, 4) is 11.1 Å². The van der Waals surface area contributed by atoms with E-state index in [2.05, 4.69) is 34.3 Å². The number of rotatable bonds is 8. The van der Waals surface area contributed by atoms with Crippen LogP contribution in [0.25, 0.3) is 11.1 Å². The summed E-state index contributed by atoms with van der Waals surface area (Å²) in [5, 5.41) is 2.75. The van der Waals surface area contributed by atoms with E-state index in [0.717, 1.165) is 12.8 Å². The van der Waals surface area contributed by atoms with Crippen LogP contribution in [0.5, 0.6) is 0 Å². The van der Waals surface area contributed by atoms with E-state index in [1.807, 2.05) is 24.3 Å². The molecule has 0 bridgehead atoms. The van der Waals surface area contributed by atoms with Gasteiger partial charge in [-0.15, -0.1) is 12.4 Å². The van der Waals surface area contributed by atoms with E-state index in [4.69, 9.17) is 10.5 Å². The van der Waals surface area contributed by atoms with Crippen molar-refractivity contribution in [2.75, 3.05) is 20.3 Å². The predicted molar refractivity (Wildman–Crippen MR) is 114 cm³/mol. The smallest absolute Gasteiger partial charge is 0.407 e. The third kappa shape index (κ3) is 5.49. The third-order valence-corrected chi connectivity index (χ3v) is 5.06. The molecule has 1 aliphatic rings. The lowest BCUT2D eigenvalue weighted by molar-refractivity contribution is -0.142. The van der Waals surface area contributed by atoms with E-state index in [0.29, 0.717) is 19.6 Å². The molecule has 29 heavy (non-hydrogen) atoms. The summed E-state index contributed by atoms with van der Waals surface area (Å²) < 4.78 is 10.1. The summed E-state index contributed by atoms with van der Waals surface area (Å²) >= 11 is 0. The molecule has 3 rings (SSSR count).